The van der Waals surface area contributed by atoms with E-state index in [1.807, 2.05) is 0 Å². The summed E-state index contributed by atoms with van der Waals surface area (Å²) in [5, 5.41) is 0. The van der Waals surface area contributed by atoms with E-state index in [1.165, 1.54) is 18.4 Å². The molecule has 0 aliphatic carbocycles. The summed E-state index contributed by atoms with van der Waals surface area (Å²) in [6.07, 6.45) is 2.71. The Morgan fingerprint density at radius 1 is 1.07 bits per heavy atom. The fourth-order valence-electron chi connectivity index (χ4n) is 2.35. The van der Waals surface area contributed by atoms with Crippen LogP contribution in [0, 0.1) is 0 Å². The van der Waals surface area contributed by atoms with Gasteiger partial charge in [-0.25, -0.2) is 0 Å². The third kappa shape index (κ3) is 1.98. The first-order valence-corrected chi connectivity index (χ1v) is 5.57. The Morgan fingerprint density at radius 3 is 2.21 bits per heavy atom. The maximum absolute atomic E-state index is 2.61. The van der Waals surface area contributed by atoms with Gasteiger partial charge in [0.05, 0.1) is 0 Å². The van der Waals surface area contributed by atoms with Crippen molar-refractivity contribution < 1.29 is 0 Å². The van der Waals surface area contributed by atoms with Crippen LogP contribution in [-0.4, -0.2) is 17.0 Å². The summed E-state index contributed by atoms with van der Waals surface area (Å²) in [4.78, 5) is 2.61. The van der Waals surface area contributed by atoms with Gasteiger partial charge in [0, 0.05) is 18.6 Å². The standard InChI is InChI=1S/C13H19N/c1-11-8-9-12(2)14(11)10-13-6-4-3-5-7-13/h3-7,11-12H,8-10H2,1-2H3/t11-,12-/m1/s1. The highest BCUT2D eigenvalue weighted by Gasteiger charge is 2.26. The summed E-state index contributed by atoms with van der Waals surface area (Å²) in [6, 6.07) is 12.3. The first kappa shape index (κ1) is 9.72. The van der Waals surface area contributed by atoms with Crippen molar-refractivity contribution >= 4 is 0 Å². The Balaban J connectivity index is 2.04. The van der Waals surface area contributed by atoms with Gasteiger partial charge in [-0.2, -0.15) is 0 Å². The van der Waals surface area contributed by atoms with Crippen molar-refractivity contribution in [3.8, 4) is 0 Å². The quantitative estimate of drug-likeness (QED) is 0.691. The van der Waals surface area contributed by atoms with Gasteiger partial charge in [0.2, 0.25) is 0 Å². The Kier molecular flexibility index (Phi) is 2.87. The molecular weight excluding hydrogens is 170 g/mol. The molecule has 0 aromatic heterocycles. The molecule has 0 amide bonds. The Bertz CT molecular complexity index is 271. The number of rotatable bonds is 2. The molecule has 2 atom stereocenters. The van der Waals surface area contributed by atoms with E-state index in [-0.39, 0.29) is 0 Å². The molecule has 1 saturated heterocycles. The van der Waals surface area contributed by atoms with Gasteiger partial charge in [-0.3, -0.25) is 4.90 Å². The summed E-state index contributed by atoms with van der Waals surface area (Å²) in [6.45, 7) is 5.79. The molecule has 2 rings (SSSR count). The normalized spacial score (nSPS) is 28.1. The molecule has 1 fully saturated rings. The SMILES string of the molecule is C[C@@H]1CC[C@@H](C)N1Cc1ccccc1. The first-order valence-electron chi connectivity index (χ1n) is 5.57. The average molecular weight is 189 g/mol. The minimum atomic E-state index is 0.755. The second-order valence-corrected chi connectivity index (χ2v) is 4.43. The van der Waals surface area contributed by atoms with E-state index in [4.69, 9.17) is 0 Å². The Hall–Kier alpha value is -0.820. The van der Waals surface area contributed by atoms with Gasteiger partial charge in [-0.1, -0.05) is 30.3 Å². The van der Waals surface area contributed by atoms with Gasteiger partial charge in [-0.05, 0) is 32.3 Å². The highest BCUT2D eigenvalue weighted by molar-refractivity contribution is 5.15. The number of hydrogen-bond acceptors (Lipinski definition) is 1. The van der Waals surface area contributed by atoms with Crippen molar-refractivity contribution in [2.24, 2.45) is 0 Å². The van der Waals surface area contributed by atoms with Crippen molar-refractivity contribution in [1.82, 2.24) is 4.90 Å². The summed E-state index contributed by atoms with van der Waals surface area (Å²) >= 11 is 0. The second-order valence-electron chi connectivity index (χ2n) is 4.43. The molecule has 0 radical (unpaired) electrons. The second kappa shape index (κ2) is 4.14. The Labute approximate surface area is 86.7 Å². The van der Waals surface area contributed by atoms with Crippen LogP contribution in [0.1, 0.15) is 32.3 Å². The van der Waals surface area contributed by atoms with Crippen LogP contribution >= 0.6 is 0 Å². The van der Waals surface area contributed by atoms with Crippen LogP contribution in [0.2, 0.25) is 0 Å². The maximum atomic E-state index is 2.61. The molecule has 1 aliphatic heterocycles. The minimum Gasteiger partial charge on any atom is -0.294 e. The summed E-state index contributed by atoms with van der Waals surface area (Å²) in [5.74, 6) is 0. The topological polar surface area (TPSA) is 3.24 Å². The van der Waals surface area contributed by atoms with Crippen molar-refractivity contribution in [2.75, 3.05) is 0 Å². The molecule has 76 valence electrons. The average Bonchev–Trinajstić information content (AvgIpc) is 2.51. The summed E-state index contributed by atoms with van der Waals surface area (Å²) in [5.41, 5.74) is 1.44. The number of likely N-dealkylation sites (tertiary alicyclic amines) is 1. The van der Waals surface area contributed by atoms with Crippen LogP contribution in [0.4, 0.5) is 0 Å². The van der Waals surface area contributed by atoms with E-state index >= 15 is 0 Å². The van der Waals surface area contributed by atoms with Crippen LogP contribution in [0.3, 0.4) is 0 Å². The van der Waals surface area contributed by atoms with Crippen LogP contribution in [0.5, 0.6) is 0 Å². The molecule has 1 heterocycles. The lowest BCUT2D eigenvalue weighted by Crippen LogP contribution is -2.31. The Morgan fingerprint density at radius 2 is 1.64 bits per heavy atom. The minimum absolute atomic E-state index is 0.755. The predicted molar refractivity (Wildman–Crippen MR) is 60.1 cm³/mol. The van der Waals surface area contributed by atoms with Crippen molar-refractivity contribution in [3.05, 3.63) is 35.9 Å². The predicted octanol–water partition coefficient (Wildman–Crippen LogP) is 3.06. The van der Waals surface area contributed by atoms with Gasteiger partial charge in [-0.15, -0.1) is 0 Å². The fourth-order valence-corrected chi connectivity index (χ4v) is 2.35. The molecule has 1 heteroatoms. The van der Waals surface area contributed by atoms with E-state index < -0.39 is 0 Å². The van der Waals surface area contributed by atoms with Gasteiger partial charge in [0.15, 0.2) is 0 Å². The van der Waals surface area contributed by atoms with Gasteiger partial charge in [0.1, 0.15) is 0 Å². The van der Waals surface area contributed by atoms with Crippen LogP contribution in [0.15, 0.2) is 30.3 Å². The van der Waals surface area contributed by atoms with Crippen LogP contribution < -0.4 is 0 Å². The van der Waals surface area contributed by atoms with Gasteiger partial charge >= 0.3 is 0 Å². The zero-order valence-electron chi connectivity index (χ0n) is 9.11. The molecule has 0 saturated carbocycles. The zero-order chi connectivity index (χ0) is 9.97. The lowest BCUT2D eigenvalue weighted by Gasteiger charge is -2.25. The van der Waals surface area contributed by atoms with E-state index in [0.717, 1.165) is 18.6 Å². The molecule has 1 aliphatic rings. The largest absolute Gasteiger partial charge is 0.294 e. The van der Waals surface area contributed by atoms with E-state index in [1.54, 1.807) is 0 Å². The fraction of sp³-hybridized carbons (Fsp3) is 0.538. The number of hydrogen-bond donors (Lipinski definition) is 0. The summed E-state index contributed by atoms with van der Waals surface area (Å²) in [7, 11) is 0. The van der Waals surface area contributed by atoms with Crippen molar-refractivity contribution in [1.29, 1.82) is 0 Å². The molecule has 1 nitrogen and oxygen atoms in total. The van der Waals surface area contributed by atoms with E-state index in [2.05, 4.69) is 49.1 Å². The zero-order valence-corrected chi connectivity index (χ0v) is 9.11. The molecule has 0 bridgehead atoms. The summed E-state index contributed by atoms with van der Waals surface area (Å²) < 4.78 is 0. The van der Waals surface area contributed by atoms with Crippen LogP contribution in [-0.2, 0) is 6.54 Å². The van der Waals surface area contributed by atoms with Crippen molar-refractivity contribution in [2.45, 2.75) is 45.3 Å². The number of nitrogens with zero attached hydrogens (tertiary/aromatic N) is 1. The molecule has 1 aromatic carbocycles. The van der Waals surface area contributed by atoms with Gasteiger partial charge < -0.3 is 0 Å². The molecule has 14 heavy (non-hydrogen) atoms. The lowest BCUT2D eigenvalue weighted by molar-refractivity contribution is 0.205. The molecular formula is C13H19N. The molecule has 0 N–H and O–H groups in total. The monoisotopic (exact) mass is 189 g/mol. The van der Waals surface area contributed by atoms with Crippen molar-refractivity contribution in [3.63, 3.8) is 0 Å². The molecule has 0 spiro atoms. The van der Waals surface area contributed by atoms with E-state index in [0.29, 0.717) is 0 Å². The van der Waals surface area contributed by atoms with E-state index in [9.17, 15) is 0 Å². The smallest absolute Gasteiger partial charge is 0.0239 e. The lowest BCUT2D eigenvalue weighted by atomic mass is 10.2. The van der Waals surface area contributed by atoms with Gasteiger partial charge in [0.25, 0.3) is 0 Å². The highest BCUT2D eigenvalue weighted by Crippen LogP contribution is 2.25. The first-order chi connectivity index (χ1) is 6.77. The van der Waals surface area contributed by atoms with Crippen LogP contribution in [0.25, 0.3) is 0 Å². The third-order valence-electron chi connectivity index (χ3n) is 3.34. The maximum Gasteiger partial charge on any atom is 0.0239 e. The number of benzene rings is 1. The molecule has 1 aromatic rings. The molecule has 0 unspecified atom stereocenters. The third-order valence-corrected chi connectivity index (χ3v) is 3.34. The highest BCUT2D eigenvalue weighted by atomic mass is 15.2.